The number of benzene rings is 6. The monoisotopic (exact) mass is 790 g/mol. The Morgan fingerprint density at radius 1 is 0.448 bits per heavy atom. The number of hydrogen-bond acceptors (Lipinski definition) is 4. The Hall–Kier alpha value is -7.12. The van der Waals surface area contributed by atoms with Crippen LogP contribution < -0.4 is 11.0 Å². The van der Waals surface area contributed by atoms with Crippen LogP contribution in [0.3, 0.4) is 0 Å². The van der Waals surface area contributed by atoms with E-state index in [1.165, 1.54) is 30.3 Å². The van der Waals surface area contributed by atoms with E-state index in [0.717, 1.165) is 18.2 Å². The summed E-state index contributed by atoms with van der Waals surface area (Å²) in [4.78, 5) is 24.3. The van der Waals surface area contributed by atoms with E-state index in [1.54, 1.807) is 108 Å². The number of amides is 2. The second-order valence-corrected chi connectivity index (χ2v) is 12.5. The quantitative estimate of drug-likeness (QED) is 0.0585. The van der Waals surface area contributed by atoms with Gasteiger partial charge in [0, 0.05) is 22.3 Å². The molecule has 0 saturated heterocycles. The van der Waals surface area contributed by atoms with Gasteiger partial charge in [0.15, 0.2) is 0 Å². The van der Waals surface area contributed by atoms with Crippen molar-refractivity contribution in [1.29, 1.82) is 0 Å². The van der Waals surface area contributed by atoms with Crippen LogP contribution in [0.2, 0.25) is 0 Å². The zero-order valence-electron chi connectivity index (χ0n) is 30.1. The molecule has 0 aromatic heterocycles. The highest BCUT2D eigenvalue weighted by atomic mass is 19.4. The first-order valence-electron chi connectivity index (χ1n) is 17.3. The molecule has 6 rings (SSSR count). The van der Waals surface area contributed by atoms with Gasteiger partial charge in [0.1, 0.15) is 0 Å². The van der Waals surface area contributed by atoms with Crippen LogP contribution in [-0.4, -0.2) is 22.2 Å². The van der Waals surface area contributed by atoms with Crippen LogP contribution >= 0.6 is 0 Å². The molecule has 12 heteroatoms. The predicted octanol–water partition coefficient (Wildman–Crippen LogP) is 9.48. The summed E-state index contributed by atoms with van der Waals surface area (Å²) in [5.41, 5.74) is 5.72. The lowest BCUT2D eigenvalue weighted by Crippen LogP contribution is -2.27. The molecule has 0 radical (unpaired) electrons. The van der Waals surface area contributed by atoms with Gasteiger partial charge in [-0.1, -0.05) is 127 Å². The topological polar surface area (TPSA) is 98.7 Å². The van der Waals surface area contributed by atoms with Crippen molar-refractivity contribution in [3.63, 3.8) is 0 Å². The second-order valence-electron chi connectivity index (χ2n) is 12.5. The molecule has 0 aliphatic rings. The van der Waals surface area contributed by atoms with E-state index in [1.807, 2.05) is 12.1 Å². The fourth-order valence-corrected chi connectivity index (χ4v) is 5.82. The Morgan fingerprint density at radius 2 is 0.862 bits per heavy atom. The van der Waals surface area contributed by atoms with Crippen LogP contribution in [0.5, 0.6) is 0 Å². The smallest absolute Gasteiger partial charge is 0.289 e. The number of hydroxylamine groups is 2. The number of carbonyl (C=O) groups is 2. The summed E-state index contributed by atoms with van der Waals surface area (Å²) in [6.07, 6.45) is -8.89. The largest absolute Gasteiger partial charge is 0.417 e. The molecule has 6 aromatic carbocycles. The third-order valence-electron chi connectivity index (χ3n) is 8.61. The third-order valence-corrected chi connectivity index (χ3v) is 8.61. The fourth-order valence-electron chi connectivity index (χ4n) is 5.82. The van der Waals surface area contributed by atoms with Gasteiger partial charge in [0.05, 0.1) is 23.0 Å². The minimum atomic E-state index is -4.48. The van der Waals surface area contributed by atoms with Gasteiger partial charge >= 0.3 is 12.4 Å². The molecule has 2 unspecified atom stereocenters. The first-order valence-corrected chi connectivity index (χ1v) is 17.3. The summed E-state index contributed by atoms with van der Waals surface area (Å²) in [5.74, 6) is 8.23. The molecular weight excluding hydrogens is 759 g/mol. The van der Waals surface area contributed by atoms with Crippen molar-refractivity contribution in [2.45, 2.75) is 24.2 Å². The minimum absolute atomic E-state index is 0.106. The van der Waals surface area contributed by atoms with E-state index >= 15 is 0 Å². The van der Waals surface area contributed by atoms with E-state index < -0.39 is 47.1 Å². The molecule has 292 valence electrons. The van der Waals surface area contributed by atoms with Crippen molar-refractivity contribution in [1.82, 2.24) is 11.0 Å². The normalized spacial score (nSPS) is 11.9. The highest BCUT2D eigenvalue weighted by Crippen LogP contribution is 2.32. The van der Waals surface area contributed by atoms with Gasteiger partial charge in [-0.3, -0.25) is 20.0 Å². The Bertz CT molecular complexity index is 2450. The maximum atomic E-state index is 13.1. The Labute approximate surface area is 329 Å². The van der Waals surface area contributed by atoms with Crippen molar-refractivity contribution in [3.8, 4) is 23.7 Å². The molecule has 0 spiro atoms. The summed E-state index contributed by atoms with van der Waals surface area (Å²) in [5, 5.41) is 18.1. The van der Waals surface area contributed by atoms with Gasteiger partial charge in [-0.2, -0.15) is 26.3 Å². The maximum absolute atomic E-state index is 13.1. The van der Waals surface area contributed by atoms with Crippen LogP contribution in [0, 0.1) is 23.7 Å². The predicted molar refractivity (Wildman–Crippen MR) is 204 cm³/mol. The SMILES string of the molecule is O=C(NO)C(c1ccccc1)c1ccc(C#Cc2cccc(C(F)(F)F)c2)cc1.O=C(NO)C(c1ccccc1)c1ccc(C#Cc2ccccc2C(F)(F)F)cc1. The summed E-state index contributed by atoms with van der Waals surface area (Å²) in [7, 11) is 0. The fraction of sp³-hybridized carbons (Fsp3) is 0.0870. The van der Waals surface area contributed by atoms with Crippen molar-refractivity contribution < 1.29 is 46.3 Å². The summed E-state index contributed by atoms with van der Waals surface area (Å²) >= 11 is 0. The van der Waals surface area contributed by atoms with Crippen LogP contribution in [0.25, 0.3) is 0 Å². The van der Waals surface area contributed by atoms with Gasteiger partial charge in [-0.05, 0) is 76.9 Å². The summed E-state index contributed by atoms with van der Waals surface area (Å²) in [6.45, 7) is 0. The molecular formula is C46H32F6N2O4. The van der Waals surface area contributed by atoms with Gasteiger partial charge in [-0.25, -0.2) is 11.0 Å². The van der Waals surface area contributed by atoms with Gasteiger partial charge in [0.2, 0.25) is 0 Å². The first kappa shape index (κ1) is 42.0. The zero-order valence-corrected chi connectivity index (χ0v) is 30.1. The Kier molecular flexibility index (Phi) is 13.9. The Balaban J connectivity index is 0.000000221. The van der Waals surface area contributed by atoms with Crippen molar-refractivity contribution in [2.75, 3.05) is 0 Å². The minimum Gasteiger partial charge on any atom is -0.289 e. The van der Waals surface area contributed by atoms with E-state index in [-0.39, 0.29) is 11.1 Å². The number of rotatable bonds is 6. The number of alkyl halides is 6. The molecule has 58 heavy (non-hydrogen) atoms. The molecule has 4 N–H and O–H groups in total. The standard InChI is InChI=1S/2C23H16F3NO2/c24-23(25,26)20-9-5-4-6-17(20)13-10-16-11-14-19(15-12-16)21(22(28)27-29)18-7-2-1-3-8-18;24-23(25,26)20-8-4-5-17(15-20)10-9-16-11-13-19(14-12-16)21(22(28)27-29)18-6-2-1-3-7-18/h1-9,11-12,14-15,21,29H,(H,27,28);1-8,11-15,21,29H,(H,27,28). The van der Waals surface area contributed by atoms with E-state index in [0.29, 0.717) is 33.4 Å². The number of carbonyl (C=O) groups excluding carboxylic acids is 2. The number of halogens is 6. The average Bonchev–Trinajstić information content (AvgIpc) is 3.23. The maximum Gasteiger partial charge on any atom is 0.417 e. The van der Waals surface area contributed by atoms with Crippen LogP contribution in [0.1, 0.15) is 67.5 Å². The zero-order chi connectivity index (χ0) is 41.7. The van der Waals surface area contributed by atoms with E-state index in [9.17, 15) is 35.9 Å². The molecule has 0 bridgehead atoms. The molecule has 6 aromatic rings. The average molecular weight is 791 g/mol. The Morgan fingerprint density at radius 3 is 1.31 bits per heavy atom. The summed E-state index contributed by atoms with van der Waals surface area (Å²) in [6, 6.07) is 41.1. The molecule has 2 amide bonds. The lowest BCUT2D eigenvalue weighted by Gasteiger charge is -2.15. The van der Waals surface area contributed by atoms with E-state index in [2.05, 4.69) is 23.7 Å². The molecule has 0 heterocycles. The van der Waals surface area contributed by atoms with Crippen molar-refractivity contribution >= 4 is 11.8 Å². The highest BCUT2D eigenvalue weighted by molar-refractivity contribution is 5.87. The summed E-state index contributed by atoms with van der Waals surface area (Å²) < 4.78 is 77.5. The van der Waals surface area contributed by atoms with Gasteiger partial charge < -0.3 is 0 Å². The molecule has 0 fully saturated rings. The molecule has 6 nitrogen and oxygen atoms in total. The molecule has 0 saturated carbocycles. The molecule has 0 aliphatic carbocycles. The molecule has 2 atom stereocenters. The van der Waals surface area contributed by atoms with Gasteiger partial charge in [0.25, 0.3) is 11.8 Å². The second kappa shape index (κ2) is 19.2. The highest BCUT2D eigenvalue weighted by Gasteiger charge is 2.33. The van der Waals surface area contributed by atoms with E-state index in [4.69, 9.17) is 10.4 Å². The van der Waals surface area contributed by atoms with Crippen LogP contribution in [0.4, 0.5) is 26.3 Å². The number of nitrogens with one attached hydrogen (secondary N) is 2. The van der Waals surface area contributed by atoms with Gasteiger partial charge in [-0.15, -0.1) is 0 Å². The molecule has 0 aliphatic heterocycles. The third kappa shape index (κ3) is 11.2. The van der Waals surface area contributed by atoms with Crippen LogP contribution in [-0.2, 0) is 21.9 Å². The lowest BCUT2D eigenvalue weighted by molar-refractivity contribution is -0.138. The number of hydrogen-bond donors (Lipinski definition) is 4. The van der Waals surface area contributed by atoms with Crippen molar-refractivity contribution in [3.05, 3.63) is 213 Å². The lowest BCUT2D eigenvalue weighted by atomic mass is 9.90. The van der Waals surface area contributed by atoms with Crippen LogP contribution in [0.15, 0.2) is 158 Å². The first-order chi connectivity index (χ1) is 27.8. The van der Waals surface area contributed by atoms with Crippen molar-refractivity contribution in [2.24, 2.45) is 0 Å².